The molecule has 7 heteroatoms. The lowest BCUT2D eigenvalue weighted by molar-refractivity contribution is -0.129. The summed E-state index contributed by atoms with van der Waals surface area (Å²) in [5, 5.41) is 5.54. The van der Waals surface area contributed by atoms with Crippen LogP contribution in [0.5, 0.6) is 0 Å². The average molecular weight is 294 g/mol. The SMILES string of the molecule is CN1C(=O)CCC12CCCN(C(=O)c1csnn1)CC2. The summed E-state index contributed by atoms with van der Waals surface area (Å²) in [4.78, 5) is 27.9. The van der Waals surface area contributed by atoms with Crippen LogP contribution in [0.1, 0.15) is 42.6 Å². The molecule has 0 N–H and O–H groups in total. The van der Waals surface area contributed by atoms with E-state index in [9.17, 15) is 9.59 Å². The van der Waals surface area contributed by atoms with Crippen molar-refractivity contribution in [3.8, 4) is 0 Å². The van der Waals surface area contributed by atoms with Crippen LogP contribution in [0.2, 0.25) is 0 Å². The molecule has 2 aliphatic heterocycles. The quantitative estimate of drug-likeness (QED) is 0.779. The van der Waals surface area contributed by atoms with Crippen LogP contribution in [0.25, 0.3) is 0 Å². The summed E-state index contributed by atoms with van der Waals surface area (Å²) >= 11 is 1.20. The fourth-order valence-corrected chi connectivity index (χ4v) is 3.76. The number of rotatable bonds is 1. The number of aromatic nitrogens is 2. The molecule has 0 radical (unpaired) electrons. The number of hydrogen-bond donors (Lipinski definition) is 0. The molecule has 1 atom stereocenters. The second-order valence-corrected chi connectivity index (χ2v) is 6.22. The molecule has 0 aliphatic carbocycles. The highest BCUT2D eigenvalue weighted by Crippen LogP contribution is 2.38. The highest BCUT2D eigenvalue weighted by atomic mass is 32.1. The molecule has 2 fully saturated rings. The highest BCUT2D eigenvalue weighted by molar-refractivity contribution is 7.03. The maximum absolute atomic E-state index is 12.3. The predicted octanol–water partition coefficient (Wildman–Crippen LogP) is 1.16. The first-order valence-electron chi connectivity index (χ1n) is 6.95. The summed E-state index contributed by atoms with van der Waals surface area (Å²) in [6, 6.07) is 0. The highest BCUT2D eigenvalue weighted by Gasteiger charge is 2.44. The van der Waals surface area contributed by atoms with Gasteiger partial charge in [0.25, 0.3) is 5.91 Å². The van der Waals surface area contributed by atoms with Gasteiger partial charge in [-0.25, -0.2) is 0 Å². The standard InChI is InChI=1S/C13H18N4O2S/c1-16-11(18)3-5-13(16)4-2-7-17(8-6-13)12(19)10-9-20-15-14-10/h9H,2-8H2,1H3. The van der Waals surface area contributed by atoms with Crippen LogP contribution in [0.4, 0.5) is 0 Å². The van der Waals surface area contributed by atoms with Crippen LogP contribution in [0.3, 0.4) is 0 Å². The molecule has 1 aromatic rings. The van der Waals surface area contributed by atoms with Gasteiger partial charge in [-0.2, -0.15) is 0 Å². The number of hydrogen-bond acceptors (Lipinski definition) is 5. The third-order valence-electron chi connectivity index (χ3n) is 4.67. The zero-order chi connectivity index (χ0) is 14.2. The van der Waals surface area contributed by atoms with E-state index in [4.69, 9.17) is 0 Å². The van der Waals surface area contributed by atoms with E-state index in [2.05, 4.69) is 9.59 Å². The van der Waals surface area contributed by atoms with Gasteiger partial charge in [0.15, 0.2) is 5.69 Å². The zero-order valence-corrected chi connectivity index (χ0v) is 12.4. The van der Waals surface area contributed by atoms with Gasteiger partial charge >= 0.3 is 0 Å². The fraction of sp³-hybridized carbons (Fsp3) is 0.692. The molecule has 0 bridgehead atoms. The number of carbonyl (C=O) groups is 2. The molecule has 3 rings (SSSR count). The summed E-state index contributed by atoms with van der Waals surface area (Å²) in [5.74, 6) is 0.191. The fourth-order valence-electron chi connectivity index (χ4n) is 3.33. The Labute approximate surface area is 121 Å². The van der Waals surface area contributed by atoms with E-state index in [0.717, 1.165) is 32.2 Å². The van der Waals surface area contributed by atoms with E-state index in [1.54, 1.807) is 5.38 Å². The van der Waals surface area contributed by atoms with E-state index >= 15 is 0 Å². The minimum atomic E-state index is -0.0391. The summed E-state index contributed by atoms with van der Waals surface area (Å²) in [6.07, 6.45) is 4.33. The lowest BCUT2D eigenvalue weighted by atomic mass is 9.88. The largest absolute Gasteiger partial charge is 0.340 e. The molecule has 108 valence electrons. The van der Waals surface area contributed by atoms with Gasteiger partial charge in [0.1, 0.15) is 0 Å². The second-order valence-electron chi connectivity index (χ2n) is 5.61. The molecular weight excluding hydrogens is 276 g/mol. The lowest BCUT2D eigenvalue weighted by Gasteiger charge is -2.35. The van der Waals surface area contributed by atoms with Gasteiger partial charge in [-0.1, -0.05) is 4.49 Å². The molecule has 3 heterocycles. The van der Waals surface area contributed by atoms with Gasteiger partial charge in [-0.15, -0.1) is 5.10 Å². The Kier molecular flexibility index (Phi) is 3.45. The van der Waals surface area contributed by atoms with Crippen molar-refractivity contribution in [1.82, 2.24) is 19.4 Å². The van der Waals surface area contributed by atoms with Gasteiger partial charge in [-0.05, 0) is 37.2 Å². The van der Waals surface area contributed by atoms with Crippen molar-refractivity contribution in [2.24, 2.45) is 0 Å². The number of nitrogens with zero attached hydrogens (tertiary/aromatic N) is 4. The number of carbonyl (C=O) groups excluding carboxylic acids is 2. The minimum absolute atomic E-state index is 0.0353. The van der Waals surface area contributed by atoms with E-state index in [1.807, 2.05) is 16.8 Å². The molecule has 0 saturated carbocycles. The van der Waals surface area contributed by atoms with Gasteiger partial charge < -0.3 is 9.80 Å². The van der Waals surface area contributed by atoms with Crippen LogP contribution in [0.15, 0.2) is 5.38 Å². The minimum Gasteiger partial charge on any atom is -0.340 e. The van der Waals surface area contributed by atoms with Crippen LogP contribution in [0, 0.1) is 0 Å². The molecule has 1 unspecified atom stereocenters. The van der Waals surface area contributed by atoms with E-state index in [0.29, 0.717) is 18.7 Å². The third-order valence-corrected chi connectivity index (χ3v) is 5.18. The Morgan fingerprint density at radius 3 is 2.85 bits per heavy atom. The predicted molar refractivity (Wildman–Crippen MR) is 74.4 cm³/mol. The Balaban J connectivity index is 1.71. The molecule has 6 nitrogen and oxygen atoms in total. The number of amides is 2. The molecular formula is C13H18N4O2S. The maximum Gasteiger partial charge on any atom is 0.275 e. The number of likely N-dealkylation sites (tertiary alicyclic amines) is 2. The van der Waals surface area contributed by atoms with E-state index in [-0.39, 0.29) is 17.4 Å². The van der Waals surface area contributed by atoms with Crippen molar-refractivity contribution in [2.75, 3.05) is 20.1 Å². The first kappa shape index (κ1) is 13.5. The Morgan fingerprint density at radius 2 is 2.20 bits per heavy atom. The van der Waals surface area contributed by atoms with Gasteiger partial charge in [0, 0.05) is 37.5 Å². The molecule has 1 aromatic heterocycles. The van der Waals surface area contributed by atoms with Crippen molar-refractivity contribution in [2.45, 2.75) is 37.6 Å². The molecule has 2 aliphatic rings. The lowest BCUT2D eigenvalue weighted by Crippen LogP contribution is -2.44. The van der Waals surface area contributed by atoms with Crippen LogP contribution >= 0.6 is 11.5 Å². The average Bonchev–Trinajstić information content (AvgIpc) is 3.00. The second kappa shape index (κ2) is 5.12. The molecule has 0 aromatic carbocycles. The van der Waals surface area contributed by atoms with Gasteiger partial charge in [0.05, 0.1) is 0 Å². The van der Waals surface area contributed by atoms with E-state index in [1.165, 1.54) is 11.5 Å². The van der Waals surface area contributed by atoms with E-state index < -0.39 is 0 Å². The van der Waals surface area contributed by atoms with Crippen molar-refractivity contribution in [3.63, 3.8) is 0 Å². The zero-order valence-electron chi connectivity index (χ0n) is 11.5. The van der Waals surface area contributed by atoms with Crippen molar-refractivity contribution >= 4 is 23.3 Å². The van der Waals surface area contributed by atoms with Gasteiger partial charge in [0.2, 0.25) is 5.91 Å². The molecule has 2 amide bonds. The summed E-state index contributed by atoms with van der Waals surface area (Å²) in [6.45, 7) is 1.42. The molecule has 20 heavy (non-hydrogen) atoms. The smallest absolute Gasteiger partial charge is 0.275 e. The van der Waals surface area contributed by atoms with Crippen LogP contribution < -0.4 is 0 Å². The van der Waals surface area contributed by atoms with Crippen molar-refractivity contribution in [3.05, 3.63) is 11.1 Å². The van der Waals surface area contributed by atoms with Gasteiger partial charge in [-0.3, -0.25) is 9.59 Å². The third kappa shape index (κ3) is 2.19. The van der Waals surface area contributed by atoms with Crippen LogP contribution in [-0.2, 0) is 4.79 Å². The van der Waals surface area contributed by atoms with Crippen LogP contribution in [-0.4, -0.2) is 56.9 Å². The van der Waals surface area contributed by atoms with Crippen molar-refractivity contribution in [1.29, 1.82) is 0 Å². The first-order chi connectivity index (χ1) is 9.62. The normalized spacial score (nSPS) is 27.1. The molecule has 1 spiro atoms. The summed E-state index contributed by atoms with van der Waals surface area (Å²) < 4.78 is 3.75. The summed E-state index contributed by atoms with van der Waals surface area (Å²) in [5.41, 5.74) is 0.397. The first-order valence-corrected chi connectivity index (χ1v) is 7.79. The molecule has 2 saturated heterocycles. The topological polar surface area (TPSA) is 66.4 Å². The summed E-state index contributed by atoms with van der Waals surface area (Å²) in [7, 11) is 1.90. The maximum atomic E-state index is 12.3. The Morgan fingerprint density at radius 1 is 1.35 bits per heavy atom. The Bertz CT molecular complexity index is 518. The Hall–Kier alpha value is -1.50. The monoisotopic (exact) mass is 294 g/mol. The van der Waals surface area contributed by atoms with Crippen molar-refractivity contribution < 1.29 is 9.59 Å².